The van der Waals surface area contributed by atoms with Gasteiger partial charge in [-0.2, -0.15) is 13.2 Å². The van der Waals surface area contributed by atoms with Crippen LogP contribution in [0.25, 0.3) is 0 Å². The number of amides is 2. The highest BCUT2D eigenvalue weighted by molar-refractivity contribution is 5.89. The number of nitrogens with zero attached hydrogens (tertiary/aromatic N) is 2. The van der Waals surface area contributed by atoms with Gasteiger partial charge in [0.2, 0.25) is 11.8 Å². The van der Waals surface area contributed by atoms with Crippen molar-refractivity contribution in [3.63, 3.8) is 0 Å². The highest BCUT2D eigenvalue weighted by atomic mass is 19.4. The minimum atomic E-state index is -4.49. The quantitative estimate of drug-likeness (QED) is 0.833. The van der Waals surface area contributed by atoms with Gasteiger partial charge in [0.25, 0.3) is 0 Å². The minimum Gasteiger partial charge on any atom is -0.481 e. The fourth-order valence-electron chi connectivity index (χ4n) is 3.08. The third-order valence-corrected chi connectivity index (χ3v) is 4.00. The van der Waals surface area contributed by atoms with Crippen molar-refractivity contribution in [2.24, 2.45) is 5.92 Å². The highest BCUT2D eigenvalue weighted by Crippen LogP contribution is 2.28. The normalized spacial score (nSPS) is 25.9. The van der Waals surface area contributed by atoms with Gasteiger partial charge < -0.3 is 14.9 Å². The van der Waals surface area contributed by atoms with E-state index in [9.17, 15) is 27.6 Å². The molecule has 124 valence electrons. The molecule has 2 heterocycles. The number of hydrogen-bond acceptors (Lipinski definition) is 3. The van der Waals surface area contributed by atoms with E-state index in [0.29, 0.717) is 24.3 Å². The smallest absolute Gasteiger partial charge is 0.406 e. The second kappa shape index (κ2) is 6.13. The molecule has 1 N–H and O–H groups in total. The monoisotopic (exact) mass is 322 g/mol. The lowest BCUT2D eigenvalue weighted by Gasteiger charge is -2.26. The molecule has 0 saturated carbocycles. The Bertz CT molecular complexity index is 480. The van der Waals surface area contributed by atoms with Gasteiger partial charge in [-0.05, 0) is 12.8 Å². The van der Waals surface area contributed by atoms with Crippen molar-refractivity contribution in [3.8, 4) is 0 Å². The van der Waals surface area contributed by atoms with Crippen molar-refractivity contribution in [1.82, 2.24) is 9.80 Å². The summed E-state index contributed by atoms with van der Waals surface area (Å²) in [7, 11) is 0. The van der Waals surface area contributed by atoms with E-state index in [1.54, 1.807) is 0 Å². The maximum Gasteiger partial charge on any atom is 0.406 e. The van der Waals surface area contributed by atoms with Crippen molar-refractivity contribution in [2.45, 2.75) is 37.9 Å². The predicted octanol–water partition coefficient (Wildman–Crippen LogP) is 0.863. The summed E-state index contributed by atoms with van der Waals surface area (Å²) in [5.74, 6) is -2.94. The number of likely N-dealkylation sites (tertiary alicyclic amines) is 2. The lowest BCUT2D eigenvalue weighted by molar-refractivity contribution is -0.157. The van der Waals surface area contributed by atoms with Crippen LogP contribution in [-0.2, 0) is 14.4 Å². The molecule has 0 radical (unpaired) electrons. The molecule has 0 aromatic rings. The van der Waals surface area contributed by atoms with E-state index in [4.69, 9.17) is 5.11 Å². The molecule has 0 aromatic carbocycles. The molecule has 0 spiro atoms. The molecule has 9 heteroatoms. The second-order valence-corrected chi connectivity index (χ2v) is 5.72. The summed E-state index contributed by atoms with van der Waals surface area (Å²) in [5, 5.41) is 8.83. The van der Waals surface area contributed by atoms with E-state index >= 15 is 0 Å². The van der Waals surface area contributed by atoms with Crippen LogP contribution in [0.2, 0.25) is 0 Å². The maximum atomic E-state index is 12.4. The Morgan fingerprint density at radius 3 is 2.59 bits per heavy atom. The molecule has 2 unspecified atom stereocenters. The van der Waals surface area contributed by atoms with Gasteiger partial charge in [-0.25, -0.2) is 0 Å². The number of carboxylic acid groups (broad SMARTS) is 1. The van der Waals surface area contributed by atoms with Crippen LogP contribution in [0.1, 0.15) is 25.7 Å². The first kappa shape index (κ1) is 16.6. The standard InChI is InChI=1S/C13H17F3N2O4/c14-13(15,16)7-17-6-8(4-10(17)19)12(22)18-3-1-2-9(18)5-11(20)21/h8-9H,1-7H2,(H,20,21). The predicted molar refractivity (Wildman–Crippen MR) is 67.7 cm³/mol. The summed E-state index contributed by atoms with van der Waals surface area (Å²) >= 11 is 0. The van der Waals surface area contributed by atoms with E-state index < -0.39 is 42.5 Å². The van der Waals surface area contributed by atoms with E-state index in [1.807, 2.05) is 0 Å². The van der Waals surface area contributed by atoms with Crippen molar-refractivity contribution >= 4 is 17.8 Å². The summed E-state index contributed by atoms with van der Waals surface area (Å²) in [6.07, 6.45) is -3.70. The lowest BCUT2D eigenvalue weighted by atomic mass is 10.1. The first-order valence-electron chi connectivity index (χ1n) is 7.04. The van der Waals surface area contributed by atoms with E-state index in [-0.39, 0.29) is 19.4 Å². The SMILES string of the molecule is O=C(O)CC1CCCN1C(=O)C1CC(=O)N(CC(F)(F)F)C1. The van der Waals surface area contributed by atoms with Crippen LogP contribution in [0, 0.1) is 5.92 Å². The van der Waals surface area contributed by atoms with Gasteiger partial charge in [0.15, 0.2) is 0 Å². The molecule has 2 aliphatic heterocycles. The Hall–Kier alpha value is -1.80. The van der Waals surface area contributed by atoms with Gasteiger partial charge in [0, 0.05) is 25.6 Å². The Morgan fingerprint density at radius 2 is 2.00 bits per heavy atom. The van der Waals surface area contributed by atoms with Gasteiger partial charge in [-0.1, -0.05) is 0 Å². The Morgan fingerprint density at radius 1 is 1.32 bits per heavy atom. The Labute approximate surface area is 124 Å². The second-order valence-electron chi connectivity index (χ2n) is 5.72. The molecule has 2 rings (SSSR count). The third-order valence-electron chi connectivity index (χ3n) is 4.00. The van der Waals surface area contributed by atoms with Crippen LogP contribution in [0.4, 0.5) is 13.2 Å². The number of aliphatic carboxylic acids is 1. The average molecular weight is 322 g/mol. The Kier molecular flexibility index (Phi) is 4.62. The van der Waals surface area contributed by atoms with E-state index in [2.05, 4.69) is 0 Å². The largest absolute Gasteiger partial charge is 0.481 e. The van der Waals surface area contributed by atoms with E-state index in [0.717, 1.165) is 0 Å². The number of rotatable bonds is 4. The van der Waals surface area contributed by atoms with Crippen LogP contribution in [0.5, 0.6) is 0 Å². The summed E-state index contributed by atoms with van der Waals surface area (Å²) < 4.78 is 37.1. The van der Waals surface area contributed by atoms with Crippen molar-refractivity contribution in [1.29, 1.82) is 0 Å². The van der Waals surface area contributed by atoms with E-state index in [1.165, 1.54) is 4.90 Å². The summed E-state index contributed by atoms with van der Waals surface area (Å²) in [6, 6.07) is -0.434. The van der Waals surface area contributed by atoms with Crippen LogP contribution >= 0.6 is 0 Å². The first-order valence-corrected chi connectivity index (χ1v) is 7.04. The van der Waals surface area contributed by atoms with Crippen molar-refractivity contribution < 1.29 is 32.7 Å². The zero-order chi connectivity index (χ0) is 16.5. The average Bonchev–Trinajstić information content (AvgIpc) is 2.94. The fourth-order valence-corrected chi connectivity index (χ4v) is 3.08. The van der Waals surface area contributed by atoms with Gasteiger partial charge in [-0.15, -0.1) is 0 Å². The zero-order valence-electron chi connectivity index (χ0n) is 11.8. The number of hydrogen-bond donors (Lipinski definition) is 1. The highest BCUT2D eigenvalue weighted by Gasteiger charge is 2.43. The number of carbonyl (C=O) groups is 3. The molecule has 0 aliphatic carbocycles. The van der Waals surface area contributed by atoms with Crippen molar-refractivity contribution in [3.05, 3.63) is 0 Å². The van der Waals surface area contributed by atoms with Crippen LogP contribution in [-0.4, -0.2) is 64.5 Å². The topological polar surface area (TPSA) is 77.9 Å². The molecule has 2 fully saturated rings. The first-order chi connectivity index (χ1) is 10.2. The van der Waals surface area contributed by atoms with Crippen molar-refractivity contribution in [2.75, 3.05) is 19.6 Å². The third kappa shape index (κ3) is 3.89. The van der Waals surface area contributed by atoms with Gasteiger partial charge in [0.05, 0.1) is 12.3 Å². The minimum absolute atomic E-state index is 0.182. The zero-order valence-corrected chi connectivity index (χ0v) is 11.8. The molecular weight excluding hydrogens is 305 g/mol. The van der Waals surface area contributed by atoms with Gasteiger partial charge in [0.1, 0.15) is 6.54 Å². The number of carboxylic acids is 1. The fraction of sp³-hybridized carbons (Fsp3) is 0.769. The lowest BCUT2D eigenvalue weighted by Crippen LogP contribution is -2.42. The number of halogens is 3. The maximum absolute atomic E-state index is 12.4. The van der Waals surface area contributed by atoms with Gasteiger partial charge in [-0.3, -0.25) is 14.4 Å². The molecule has 22 heavy (non-hydrogen) atoms. The van der Waals surface area contributed by atoms with Crippen LogP contribution < -0.4 is 0 Å². The van der Waals surface area contributed by atoms with Gasteiger partial charge >= 0.3 is 12.1 Å². The molecule has 2 amide bonds. The number of carbonyl (C=O) groups excluding carboxylic acids is 2. The Balaban J connectivity index is 1.98. The van der Waals surface area contributed by atoms with Crippen LogP contribution in [0.15, 0.2) is 0 Å². The molecule has 2 aliphatic rings. The summed E-state index contributed by atoms with van der Waals surface area (Å²) in [5.41, 5.74) is 0. The number of alkyl halides is 3. The molecule has 2 saturated heterocycles. The molecule has 2 atom stereocenters. The summed E-state index contributed by atoms with van der Waals surface area (Å²) in [6.45, 7) is -1.22. The molecule has 0 aromatic heterocycles. The molecular formula is C13H17F3N2O4. The molecule has 6 nitrogen and oxygen atoms in total. The summed E-state index contributed by atoms with van der Waals surface area (Å²) in [4.78, 5) is 36.8. The van der Waals surface area contributed by atoms with Crippen LogP contribution in [0.3, 0.4) is 0 Å². The molecule has 0 bridgehead atoms.